The number of ether oxygens (including phenoxy) is 2. The van der Waals surface area contributed by atoms with Crippen molar-refractivity contribution in [3.8, 4) is 5.75 Å². The average molecular weight is 240 g/mol. The van der Waals surface area contributed by atoms with Crippen molar-refractivity contribution in [1.29, 1.82) is 0 Å². The van der Waals surface area contributed by atoms with E-state index in [4.69, 9.17) is 13.9 Å². The summed E-state index contributed by atoms with van der Waals surface area (Å²) in [5.74, 6) is 0.340. The lowest BCUT2D eigenvalue weighted by atomic mass is 10.0. The highest BCUT2D eigenvalue weighted by atomic mass is 16.5. The van der Waals surface area contributed by atoms with Gasteiger partial charge >= 0.3 is 5.63 Å². The molecule has 0 radical (unpaired) electrons. The van der Waals surface area contributed by atoms with Crippen molar-refractivity contribution in [3.63, 3.8) is 0 Å². The molecule has 0 amide bonds. The number of hydrogen-bond acceptors (Lipinski definition) is 5. The minimum Gasteiger partial charge on any atom is -0.496 e. The van der Waals surface area contributed by atoms with Gasteiger partial charge in [-0.2, -0.15) is 0 Å². The van der Waals surface area contributed by atoms with E-state index in [1.54, 1.807) is 13.8 Å². The second kappa shape index (κ2) is 5.63. The second-order valence-corrected chi connectivity index (χ2v) is 3.74. The third-order valence-electron chi connectivity index (χ3n) is 2.48. The molecule has 0 aromatic carbocycles. The van der Waals surface area contributed by atoms with Crippen LogP contribution in [0.15, 0.2) is 15.3 Å². The van der Waals surface area contributed by atoms with Crippen molar-refractivity contribution in [1.82, 2.24) is 0 Å². The molecule has 0 saturated carbocycles. The molecule has 0 aliphatic heterocycles. The van der Waals surface area contributed by atoms with Gasteiger partial charge in [-0.3, -0.25) is 4.79 Å². The first-order valence-corrected chi connectivity index (χ1v) is 5.24. The average Bonchev–Trinajstić information content (AvgIpc) is 2.27. The standard InChI is InChI=1S/C12H16O5/c1-7(15-3)5-9(13)12-8(2)17-11(14)6-10(12)16-4/h6-7H,5H2,1-4H3/t7-/m1/s1. The number of rotatable bonds is 5. The highest BCUT2D eigenvalue weighted by molar-refractivity contribution is 5.99. The summed E-state index contributed by atoms with van der Waals surface area (Å²) < 4.78 is 14.9. The van der Waals surface area contributed by atoms with E-state index in [1.807, 2.05) is 0 Å². The highest BCUT2D eigenvalue weighted by Crippen LogP contribution is 2.22. The van der Waals surface area contributed by atoms with Gasteiger partial charge in [0.25, 0.3) is 0 Å². The van der Waals surface area contributed by atoms with Crippen molar-refractivity contribution in [2.45, 2.75) is 26.4 Å². The Morgan fingerprint density at radius 1 is 1.47 bits per heavy atom. The fourth-order valence-electron chi connectivity index (χ4n) is 1.53. The highest BCUT2D eigenvalue weighted by Gasteiger charge is 2.20. The first-order valence-electron chi connectivity index (χ1n) is 5.24. The molecule has 0 bridgehead atoms. The van der Waals surface area contributed by atoms with Gasteiger partial charge in [0.1, 0.15) is 11.5 Å². The van der Waals surface area contributed by atoms with E-state index in [0.717, 1.165) is 6.07 Å². The molecular formula is C12H16O5. The monoisotopic (exact) mass is 240 g/mol. The van der Waals surface area contributed by atoms with Crippen LogP contribution in [0.1, 0.15) is 29.5 Å². The van der Waals surface area contributed by atoms with E-state index in [-0.39, 0.29) is 29.8 Å². The fraction of sp³-hybridized carbons (Fsp3) is 0.500. The number of carbonyl (C=O) groups excluding carboxylic acids is 1. The van der Waals surface area contributed by atoms with Crippen LogP contribution >= 0.6 is 0 Å². The topological polar surface area (TPSA) is 65.7 Å². The van der Waals surface area contributed by atoms with Gasteiger partial charge in [0.2, 0.25) is 0 Å². The Morgan fingerprint density at radius 2 is 2.12 bits per heavy atom. The second-order valence-electron chi connectivity index (χ2n) is 3.74. The fourth-order valence-corrected chi connectivity index (χ4v) is 1.53. The van der Waals surface area contributed by atoms with E-state index in [1.165, 1.54) is 14.2 Å². The third-order valence-corrected chi connectivity index (χ3v) is 2.48. The van der Waals surface area contributed by atoms with E-state index in [9.17, 15) is 9.59 Å². The Morgan fingerprint density at radius 3 is 2.65 bits per heavy atom. The van der Waals surface area contributed by atoms with Crippen LogP contribution in [0, 0.1) is 6.92 Å². The SMILES string of the molecule is COc1cc(=O)oc(C)c1C(=O)C[C@@H](C)OC. The number of Topliss-reactive ketones (excluding diaryl/α,β-unsaturated/α-hetero) is 1. The molecule has 1 atom stereocenters. The summed E-state index contributed by atoms with van der Waals surface area (Å²) in [6, 6.07) is 1.16. The number of hydrogen-bond donors (Lipinski definition) is 0. The maximum Gasteiger partial charge on any atom is 0.339 e. The number of methoxy groups -OCH3 is 2. The van der Waals surface area contributed by atoms with Gasteiger partial charge in [0, 0.05) is 13.5 Å². The molecule has 1 rings (SSSR count). The molecule has 1 aromatic rings. The Bertz CT molecular complexity index is 460. The number of carbonyl (C=O) groups is 1. The maximum absolute atomic E-state index is 12.0. The smallest absolute Gasteiger partial charge is 0.339 e. The van der Waals surface area contributed by atoms with Gasteiger partial charge < -0.3 is 13.9 Å². The quantitative estimate of drug-likeness (QED) is 0.731. The van der Waals surface area contributed by atoms with Gasteiger partial charge in [-0.1, -0.05) is 0 Å². The molecule has 0 spiro atoms. The molecule has 0 aliphatic carbocycles. The predicted octanol–water partition coefficient (Wildman–Crippen LogP) is 1.56. The zero-order valence-corrected chi connectivity index (χ0v) is 10.4. The normalized spacial score (nSPS) is 12.2. The van der Waals surface area contributed by atoms with E-state index in [2.05, 4.69) is 0 Å². The predicted molar refractivity (Wildman–Crippen MR) is 61.7 cm³/mol. The third kappa shape index (κ3) is 3.17. The van der Waals surface area contributed by atoms with Crippen LogP contribution in [0.2, 0.25) is 0 Å². The molecule has 0 saturated heterocycles. The molecule has 5 heteroatoms. The van der Waals surface area contributed by atoms with Crippen LogP contribution in [0.5, 0.6) is 5.75 Å². The summed E-state index contributed by atoms with van der Waals surface area (Å²) in [7, 11) is 2.94. The zero-order chi connectivity index (χ0) is 13.0. The number of ketones is 1. The summed E-state index contributed by atoms with van der Waals surface area (Å²) in [6.07, 6.45) is 0.0139. The van der Waals surface area contributed by atoms with Gasteiger partial charge in [0.15, 0.2) is 5.78 Å². The summed E-state index contributed by atoms with van der Waals surface area (Å²) in [4.78, 5) is 23.1. The molecule has 1 aromatic heterocycles. The molecule has 5 nitrogen and oxygen atoms in total. The zero-order valence-electron chi connectivity index (χ0n) is 10.4. The van der Waals surface area contributed by atoms with Crippen molar-refractivity contribution < 1.29 is 18.7 Å². The van der Waals surface area contributed by atoms with Crippen LogP contribution in [-0.2, 0) is 4.74 Å². The molecule has 0 unspecified atom stereocenters. The van der Waals surface area contributed by atoms with Gasteiger partial charge in [0.05, 0.1) is 24.8 Å². The molecular weight excluding hydrogens is 224 g/mol. The van der Waals surface area contributed by atoms with Crippen LogP contribution in [-0.4, -0.2) is 26.1 Å². The Hall–Kier alpha value is -1.62. The lowest BCUT2D eigenvalue weighted by molar-refractivity contribution is 0.0786. The van der Waals surface area contributed by atoms with Crippen molar-refractivity contribution >= 4 is 5.78 Å². The summed E-state index contributed by atoms with van der Waals surface area (Å²) >= 11 is 0. The van der Waals surface area contributed by atoms with Gasteiger partial charge in [-0.25, -0.2) is 4.79 Å². The minimum atomic E-state index is -0.532. The van der Waals surface area contributed by atoms with E-state index < -0.39 is 5.63 Å². The van der Waals surface area contributed by atoms with Crippen molar-refractivity contribution in [2.75, 3.05) is 14.2 Å². The largest absolute Gasteiger partial charge is 0.496 e. The maximum atomic E-state index is 12.0. The molecule has 1 heterocycles. The van der Waals surface area contributed by atoms with Crippen molar-refractivity contribution in [2.24, 2.45) is 0 Å². The molecule has 94 valence electrons. The van der Waals surface area contributed by atoms with Crippen LogP contribution < -0.4 is 10.4 Å². The summed E-state index contributed by atoms with van der Waals surface area (Å²) in [6.45, 7) is 3.35. The summed E-state index contributed by atoms with van der Waals surface area (Å²) in [5.41, 5.74) is -0.230. The van der Waals surface area contributed by atoms with Crippen LogP contribution in [0.4, 0.5) is 0 Å². The lowest BCUT2D eigenvalue weighted by Crippen LogP contribution is -2.16. The van der Waals surface area contributed by atoms with Crippen LogP contribution in [0.25, 0.3) is 0 Å². The van der Waals surface area contributed by atoms with Crippen molar-refractivity contribution in [3.05, 3.63) is 27.8 Å². The Labute approximate surface area is 99.3 Å². The lowest BCUT2D eigenvalue weighted by Gasteiger charge is -2.11. The Balaban J connectivity index is 3.12. The van der Waals surface area contributed by atoms with Gasteiger partial charge in [-0.15, -0.1) is 0 Å². The Kier molecular flexibility index (Phi) is 4.45. The van der Waals surface area contributed by atoms with E-state index in [0.29, 0.717) is 5.56 Å². The first-order chi connectivity index (χ1) is 7.99. The molecule has 0 aliphatic rings. The van der Waals surface area contributed by atoms with E-state index >= 15 is 0 Å². The van der Waals surface area contributed by atoms with Gasteiger partial charge in [-0.05, 0) is 13.8 Å². The molecule has 0 N–H and O–H groups in total. The first kappa shape index (κ1) is 13.4. The molecule has 17 heavy (non-hydrogen) atoms. The minimum absolute atomic E-state index is 0.169. The molecule has 0 fully saturated rings. The van der Waals surface area contributed by atoms with Crippen LogP contribution in [0.3, 0.4) is 0 Å². The summed E-state index contributed by atoms with van der Waals surface area (Å²) in [5, 5.41) is 0. The number of aryl methyl sites for hydroxylation is 1.